The first-order valence-corrected chi connectivity index (χ1v) is 13.8. The van der Waals surface area contributed by atoms with Crippen molar-refractivity contribution in [3.8, 4) is 5.69 Å². The fourth-order valence-electron chi connectivity index (χ4n) is 4.87. The van der Waals surface area contributed by atoms with Crippen LogP contribution in [0.4, 0.5) is 0 Å². The van der Waals surface area contributed by atoms with E-state index in [1.165, 1.54) is 11.4 Å². The van der Waals surface area contributed by atoms with Gasteiger partial charge < -0.3 is 14.2 Å². The van der Waals surface area contributed by atoms with Crippen molar-refractivity contribution in [2.75, 3.05) is 40.3 Å². The average Bonchev–Trinajstić information content (AvgIpc) is 2.95. The lowest BCUT2D eigenvalue weighted by atomic mass is 9.99. The predicted molar refractivity (Wildman–Crippen MR) is 146 cm³/mol. The summed E-state index contributed by atoms with van der Waals surface area (Å²) >= 11 is 0. The number of sulfonamides is 1. The smallest absolute Gasteiger partial charge is 0.355 e. The Morgan fingerprint density at radius 3 is 2.16 bits per heavy atom. The first-order valence-electron chi connectivity index (χ1n) is 12.4. The van der Waals surface area contributed by atoms with Crippen molar-refractivity contribution >= 4 is 26.9 Å². The third kappa shape index (κ3) is 4.76. The van der Waals surface area contributed by atoms with Crippen molar-refractivity contribution in [3.63, 3.8) is 0 Å². The van der Waals surface area contributed by atoms with Crippen LogP contribution < -0.4 is 5.43 Å². The molecular weight excluding hydrogens is 502 g/mol. The van der Waals surface area contributed by atoms with Crippen molar-refractivity contribution in [2.45, 2.75) is 11.3 Å². The molecule has 9 heteroatoms. The number of methoxy groups -OCH3 is 1. The van der Waals surface area contributed by atoms with Gasteiger partial charge in [-0.2, -0.15) is 4.31 Å². The molecule has 1 aromatic heterocycles. The fraction of sp³-hybridized carbons (Fsp3) is 0.241. The molecule has 3 aromatic carbocycles. The topological polar surface area (TPSA) is 88.9 Å². The highest BCUT2D eigenvalue weighted by molar-refractivity contribution is 7.89. The maximum Gasteiger partial charge on any atom is 0.355 e. The number of pyridine rings is 1. The van der Waals surface area contributed by atoms with E-state index < -0.39 is 16.0 Å². The standard InChI is InChI=1S/C29H29N3O5S/c1-30-16-18-31(19-17-30)38(35,36)23-14-12-21(13-15-23)20-25-27(29(34)37-2)32(22-8-4-3-5-9-22)26-11-7-6-10-24(26)28(25)33/h3-15H,16-20H2,1-2H3. The normalized spacial score (nSPS) is 15.0. The summed E-state index contributed by atoms with van der Waals surface area (Å²) < 4.78 is 34.7. The monoisotopic (exact) mass is 531 g/mol. The van der Waals surface area contributed by atoms with Crippen LogP contribution in [0.2, 0.25) is 0 Å². The van der Waals surface area contributed by atoms with Gasteiger partial charge in [0.1, 0.15) is 5.69 Å². The first-order chi connectivity index (χ1) is 18.3. The Morgan fingerprint density at radius 2 is 1.50 bits per heavy atom. The maximum atomic E-state index is 13.7. The molecule has 2 heterocycles. The Labute approximate surface area is 221 Å². The molecule has 0 unspecified atom stereocenters. The fourth-order valence-corrected chi connectivity index (χ4v) is 6.29. The molecule has 38 heavy (non-hydrogen) atoms. The summed E-state index contributed by atoms with van der Waals surface area (Å²) in [6, 6.07) is 23.0. The van der Waals surface area contributed by atoms with Gasteiger partial charge in [-0.1, -0.05) is 42.5 Å². The van der Waals surface area contributed by atoms with Gasteiger partial charge in [-0.25, -0.2) is 13.2 Å². The SMILES string of the molecule is COC(=O)c1c(Cc2ccc(S(=O)(=O)N3CCN(C)CC3)cc2)c(=O)c2ccccc2n1-c1ccccc1. The predicted octanol–water partition coefficient (Wildman–Crippen LogP) is 3.30. The molecule has 1 aliphatic heterocycles. The Morgan fingerprint density at radius 1 is 0.868 bits per heavy atom. The molecule has 1 saturated heterocycles. The summed E-state index contributed by atoms with van der Waals surface area (Å²) in [5, 5.41) is 0.480. The van der Waals surface area contributed by atoms with Gasteiger partial charge in [-0.15, -0.1) is 0 Å². The number of nitrogens with zero attached hydrogens (tertiary/aromatic N) is 3. The number of carbonyl (C=O) groups is 1. The van der Waals surface area contributed by atoms with Gasteiger partial charge in [0.15, 0.2) is 5.43 Å². The number of carbonyl (C=O) groups excluding carboxylic acids is 1. The van der Waals surface area contributed by atoms with Crippen molar-refractivity contribution in [3.05, 3.63) is 106 Å². The highest BCUT2D eigenvalue weighted by Gasteiger charge is 2.28. The van der Waals surface area contributed by atoms with Crippen LogP contribution in [0.25, 0.3) is 16.6 Å². The van der Waals surface area contributed by atoms with E-state index in [1.807, 2.05) is 43.4 Å². The third-order valence-electron chi connectivity index (χ3n) is 6.97. The second kappa shape index (κ2) is 10.5. The lowest BCUT2D eigenvalue weighted by Gasteiger charge is -2.31. The second-order valence-electron chi connectivity index (χ2n) is 9.36. The molecule has 0 amide bonds. The van der Waals surface area contributed by atoms with Gasteiger partial charge in [0.25, 0.3) is 0 Å². The van der Waals surface area contributed by atoms with E-state index in [4.69, 9.17) is 4.74 Å². The van der Waals surface area contributed by atoms with Crippen molar-refractivity contribution in [1.82, 2.24) is 13.8 Å². The Kier molecular flexibility index (Phi) is 7.16. The van der Waals surface area contributed by atoms with Crippen LogP contribution >= 0.6 is 0 Å². The zero-order valence-corrected chi connectivity index (χ0v) is 22.1. The third-order valence-corrected chi connectivity index (χ3v) is 8.88. The van der Waals surface area contributed by atoms with Crippen LogP contribution in [-0.2, 0) is 21.2 Å². The van der Waals surface area contributed by atoms with Crippen LogP contribution in [0.3, 0.4) is 0 Å². The maximum absolute atomic E-state index is 13.7. The lowest BCUT2D eigenvalue weighted by Crippen LogP contribution is -2.46. The molecule has 0 atom stereocenters. The molecule has 196 valence electrons. The Bertz CT molecular complexity index is 1640. The molecule has 1 fully saturated rings. The van der Waals surface area contributed by atoms with Crippen LogP contribution in [0.15, 0.2) is 88.6 Å². The minimum atomic E-state index is -3.61. The number of fused-ring (bicyclic) bond motifs is 1. The molecule has 4 aromatic rings. The zero-order valence-electron chi connectivity index (χ0n) is 21.3. The quantitative estimate of drug-likeness (QED) is 0.355. The summed E-state index contributed by atoms with van der Waals surface area (Å²) in [6.07, 6.45) is 0.135. The molecule has 0 saturated carbocycles. The van der Waals surface area contributed by atoms with E-state index in [2.05, 4.69) is 4.90 Å². The number of rotatable bonds is 6. The van der Waals surface area contributed by atoms with Crippen molar-refractivity contribution < 1.29 is 17.9 Å². The largest absolute Gasteiger partial charge is 0.464 e. The second-order valence-corrected chi connectivity index (χ2v) is 11.3. The summed E-state index contributed by atoms with van der Waals surface area (Å²) in [7, 11) is -0.351. The van der Waals surface area contributed by atoms with Gasteiger partial charge >= 0.3 is 5.97 Å². The summed E-state index contributed by atoms with van der Waals surface area (Å²) in [5.41, 5.74) is 2.20. The summed E-state index contributed by atoms with van der Waals surface area (Å²) in [5.74, 6) is -0.624. The van der Waals surface area contributed by atoms with E-state index in [-0.39, 0.29) is 28.0 Å². The number of para-hydroxylation sites is 2. The highest BCUT2D eigenvalue weighted by atomic mass is 32.2. The van der Waals surface area contributed by atoms with E-state index >= 15 is 0 Å². The minimum Gasteiger partial charge on any atom is -0.464 e. The number of likely N-dealkylation sites (N-methyl/N-ethyl adjacent to an activating group) is 1. The van der Waals surface area contributed by atoms with Gasteiger partial charge in [-0.3, -0.25) is 4.79 Å². The zero-order chi connectivity index (χ0) is 26.9. The summed E-state index contributed by atoms with van der Waals surface area (Å²) in [4.78, 5) is 29.1. The van der Waals surface area contributed by atoms with Crippen LogP contribution in [-0.4, -0.2) is 68.5 Å². The van der Waals surface area contributed by atoms with Gasteiger partial charge in [0.05, 0.1) is 17.5 Å². The number of hydrogen-bond donors (Lipinski definition) is 0. The Balaban J connectivity index is 1.59. The first kappa shape index (κ1) is 25.8. The number of esters is 1. The van der Waals surface area contributed by atoms with Gasteiger partial charge in [0, 0.05) is 49.2 Å². The molecule has 0 aliphatic carbocycles. The molecule has 0 radical (unpaired) electrons. The molecule has 5 rings (SSSR count). The van der Waals surface area contributed by atoms with Crippen molar-refractivity contribution in [1.29, 1.82) is 0 Å². The summed E-state index contributed by atoms with van der Waals surface area (Å²) in [6.45, 7) is 2.25. The van der Waals surface area contributed by atoms with Crippen LogP contribution in [0, 0.1) is 0 Å². The highest BCUT2D eigenvalue weighted by Crippen LogP contribution is 2.25. The lowest BCUT2D eigenvalue weighted by molar-refractivity contribution is 0.0590. The van der Waals surface area contributed by atoms with Crippen LogP contribution in [0.1, 0.15) is 21.6 Å². The number of benzene rings is 3. The minimum absolute atomic E-state index is 0.135. The average molecular weight is 532 g/mol. The number of aromatic nitrogens is 1. The molecule has 0 spiro atoms. The van der Waals surface area contributed by atoms with E-state index in [1.54, 1.807) is 47.0 Å². The molecule has 0 N–H and O–H groups in total. The number of piperazine rings is 1. The van der Waals surface area contributed by atoms with Crippen molar-refractivity contribution in [2.24, 2.45) is 0 Å². The van der Waals surface area contributed by atoms with Gasteiger partial charge in [0.2, 0.25) is 10.0 Å². The number of hydrogen-bond acceptors (Lipinski definition) is 6. The van der Waals surface area contributed by atoms with E-state index in [0.29, 0.717) is 42.6 Å². The Hall–Kier alpha value is -3.79. The molecule has 8 nitrogen and oxygen atoms in total. The molecule has 1 aliphatic rings. The number of ether oxygens (including phenoxy) is 1. The molecular formula is C29H29N3O5S. The van der Waals surface area contributed by atoms with E-state index in [9.17, 15) is 18.0 Å². The van der Waals surface area contributed by atoms with Crippen LogP contribution in [0.5, 0.6) is 0 Å². The molecule has 0 bridgehead atoms. The van der Waals surface area contributed by atoms with E-state index in [0.717, 1.165) is 5.69 Å². The van der Waals surface area contributed by atoms with Gasteiger partial charge in [-0.05, 0) is 49.0 Å².